The molecule has 0 bridgehead atoms. The van der Waals surface area contributed by atoms with Crippen LogP contribution in [0.4, 0.5) is 5.69 Å². The molecule has 2 aliphatic heterocycles. The molecule has 3 rings (SSSR count). The molecule has 2 heterocycles. The summed E-state index contributed by atoms with van der Waals surface area (Å²) in [5.41, 5.74) is 2.87. The van der Waals surface area contributed by atoms with E-state index in [0.717, 1.165) is 5.92 Å². The highest BCUT2D eigenvalue weighted by molar-refractivity contribution is 5.48. The third-order valence-corrected chi connectivity index (χ3v) is 5.50. The van der Waals surface area contributed by atoms with Crippen LogP contribution in [0.1, 0.15) is 57.4 Å². The Morgan fingerprint density at radius 1 is 0.909 bits per heavy atom. The lowest BCUT2D eigenvalue weighted by Crippen LogP contribution is -2.40. The summed E-state index contributed by atoms with van der Waals surface area (Å²) in [5.74, 6) is 1.55. The minimum atomic E-state index is 0.629. The molecule has 0 saturated carbocycles. The molecule has 0 radical (unpaired) electrons. The van der Waals surface area contributed by atoms with E-state index < -0.39 is 0 Å². The molecule has 1 aromatic rings. The van der Waals surface area contributed by atoms with Gasteiger partial charge in [-0.2, -0.15) is 0 Å². The molecule has 0 aliphatic carbocycles. The molecular formula is C20H32N2. The Bertz CT molecular complexity index is 437. The van der Waals surface area contributed by atoms with E-state index in [4.69, 9.17) is 0 Å². The number of nitrogens with zero attached hydrogens (tertiary/aromatic N) is 2. The van der Waals surface area contributed by atoms with E-state index >= 15 is 0 Å². The highest BCUT2D eigenvalue weighted by Gasteiger charge is 2.22. The lowest BCUT2D eigenvalue weighted by molar-refractivity contribution is 0.181. The van der Waals surface area contributed by atoms with Gasteiger partial charge in [-0.05, 0) is 68.3 Å². The summed E-state index contributed by atoms with van der Waals surface area (Å²) >= 11 is 0. The molecule has 2 nitrogen and oxygen atoms in total. The standard InChI is InChI=1S/C20H32N2/c1-17(2)19-6-8-20(9-7-19)22-14-10-18(11-15-22)16-21-12-4-3-5-13-21/h6-9,17-18H,3-5,10-16H2,1-2H3. The second-order valence-corrected chi connectivity index (χ2v) is 7.54. The second-order valence-electron chi connectivity index (χ2n) is 7.54. The molecule has 0 unspecified atom stereocenters. The van der Waals surface area contributed by atoms with Crippen molar-refractivity contribution < 1.29 is 0 Å². The summed E-state index contributed by atoms with van der Waals surface area (Å²) in [6, 6.07) is 9.25. The Morgan fingerprint density at radius 3 is 2.14 bits per heavy atom. The molecule has 0 amide bonds. The van der Waals surface area contributed by atoms with Crippen LogP contribution in [-0.4, -0.2) is 37.6 Å². The van der Waals surface area contributed by atoms with E-state index in [1.54, 1.807) is 0 Å². The van der Waals surface area contributed by atoms with Gasteiger partial charge in [0.2, 0.25) is 0 Å². The van der Waals surface area contributed by atoms with Gasteiger partial charge in [-0.1, -0.05) is 32.4 Å². The molecule has 0 atom stereocenters. The summed E-state index contributed by atoms with van der Waals surface area (Å²) in [4.78, 5) is 5.29. The van der Waals surface area contributed by atoms with Gasteiger partial charge >= 0.3 is 0 Å². The number of hydrogen-bond acceptors (Lipinski definition) is 2. The molecule has 0 N–H and O–H groups in total. The van der Waals surface area contributed by atoms with Crippen LogP contribution < -0.4 is 4.90 Å². The Balaban J connectivity index is 1.48. The topological polar surface area (TPSA) is 6.48 Å². The number of piperidine rings is 2. The van der Waals surface area contributed by atoms with E-state index in [0.29, 0.717) is 5.92 Å². The highest BCUT2D eigenvalue weighted by atomic mass is 15.2. The smallest absolute Gasteiger partial charge is 0.0366 e. The molecule has 2 aliphatic rings. The van der Waals surface area contributed by atoms with E-state index in [9.17, 15) is 0 Å². The fraction of sp³-hybridized carbons (Fsp3) is 0.700. The SMILES string of the molecule is CC(C)c1ccc(N2CCC(CN3CCCCC3)CC2)cc1. The number of likely N-dealkylation sites (tertiary alicyclic amines) is 1. The zero-order valence-corrected chi connectivity index (χ0v) is 14.4. The second kappa shape index (κ2) is 7.50. The zero-order chi connectivity index (χ0) is 15.4. The summed E-state index contributed by atoms with van der Waals surface area (Å²) < 4.78 is 0. The molecule has 1 aromatic carbocycles. The van der Waals surface area contributed by atoms with Crippen molar-refractivity contribution in [1.29, 1.82) is 0 Å². The zero-order valence-electron chi connectivity index (χ0n) is 14.4. The molecule has 2 fully saturated rings. The summed E-state index contributed by atoms with van der Waals surface area (Å²) in [6.07, 6.45) is 7.01. The van der Waals surface area contributed by atoms with E-state index in [2.05, 4.69) is 47.9 Å². The molecule has 0 aromatic heterocycles. The third-order valence-electron chi connectivity index (χ3n) is 5.50. The average molecular weight is 300 g/mol. The van der Waals surface area contributed by atoms with Crippen LogP contribution in [0.15, 0.2) is 24.3 Å². The van der Waals surface area contributed by atoms with E-state index in [-0.39, 0.29) is 0 Å². The van der Waals surface area contributed by atoms with Crippen LogP contribution in [0.5, 0.6) is 0 Å². The van der Waals surface area contributed by atoms with E-state index in [1.165, 1.54) is 76.1 Å². The normalized spacial score (nSPS) is 21.5. The number of anilines is 1. The van der Waals surface area contributed by atoms with Crippen molar-refractivity contribution in [3.05, 3.63) is 29.8 Å². The Kier molecular flexibility index (Phi) is 5.41. The maximum Gasteiger partial charge on any atom is 0.0366 e. The summed E-state index contributed by atoms with van der Waals surface area (Å²) in [6.45, 7) is 11.0. The van der Waals surface area contributed by atoms with Crippen molar-refractivity contribution in [1.82, 2.24) is 4.90 Å². The molecule has 122 valence electrons. The fourth-order valence-corrected chi connectivity index (χ4v) is 3.95. The molecule has 2 heteroatoms. The van der Waals surface area contributed by atoms with Gasteiger partial charge in [0.25, 0.3) is 0 Å². The minimum absolute atomic E-state index is 0.629. The van der Waals surface area contributed by atoms with Gasteiger partial charge in [-0.25, -0.2) is 0 Å². The van der Waals surface area contributed by atoms with Crippen LogP contribution in [0, 0.1) is 5.92 Å². The summed E-state index contributed by atoms with van der Waals surface area (Å²) in [5, 5.41) is 0. The third kappa shape index (κ3) is 4.04. The highest BCUT2D eigenvalue weighted by Crippen LogP contribution is 2.26. The quantitative estimate of drug-likeness (QED) is 0.807. The van der Waals surface area contributed by atoms with Gasteiger partial charge < -0.3 is 9.80 Å². The lowest BCUT2D eigenvalue weighted by Gasteiger charge is -2.37. The predicted octanol–water partition coefficient (Wildman–Crippen LogP) is 4.51. The Hall–Kier alpha value is -1.02. The first-order valence-corrected chi connectivity index (χ1v) is 9.29. The Labute approximate surface area is 136 Å². The van der Waals surface area contributed by atoms with Crippen molar-refractivity contribution in [2.75, 3.05) is 37.6 Å². The average Bonchev–Trinajstić information content (AvgIpc) is 2.57. The molecule has 2 saturated heterocycles. The molecule has 22 heavy (non-hydrogen) atoms. The Morgan fingerprint density at radius 2 is 1.55 bits per heavy atom. The number of rotatable bonds is 4. The minimum Gasteiger partial charge on any atom is -0.372 e. The van der Waals surface area contributed by atoms with Crippen LogP contribution in [0.2, 0.25) is 0 Å². The van der Waals surface area contributed by atoms with Gasteiger partial charge in [0.15, 0.2) is 0 Å². The first-order valence-electron chi connectivity index (χ1n) is 9.29. The van der Waals surface area contributed by atoms with Crippen molar-refractivity contribution in [3.63, 3.8) is 0 Å². The van der Waals surface area contributed by atoms with Gasteiger partial charge in [-0.15, -0.1) is 0 Å². The predicted molar refractivity (Wildman–Crippen MR) is 95.8 cm³/mol. The van der Waals surface area contributed by atoms with Crippen molar-refractivity contribution >= 4 is 5.69 Å². The lowest BCUT2D eigenvalue weighted by atomic mass is 9.94. The van der Waals surface area contributed by atoms with Gasteiger partial charge in [-0.3, -0.25) is 0 Å². The fourth-order valence-electron chi connectivity index (χ4n) is 3.95. The summed E-state index contributed by atoms with van der Waals surface area (Å²) in [7, 11) is 0. The first kappa shape index (κ1) is 15.9. The van der Waals surface area contributed by atoms with Crippen molar-refractivity contribution in [2.45, 2.75) is 51.9 Å². The first-order chi connectivity index (χ1) is 10.7. The maximum absolute atomic E-state index is 2.71. The monoisotopic (exact) mass is 300 g/mol. The molecular weight excluding hydrogens is 268 g/mol. The van der Waals surface area contributed by atoms with Gasteiger partial charge in [0, 0.05) is 25.3 Å². The van der Waals surface area contributed by atoms with Crippen molar-refractivity contribution in [2.24, 2.45) is 5.92 Å². The number of hydrogen-bond donors (Lipinski definition) is 0. The molecule has 0 spiro atoms. The number of benzene rings is 1. The van der Waals surface area contributed by atoms with Crippen LogP contribution in [-0.2, 0) is 0 Å². The van der Waals surface area contributed by atoms with Crippen LogP contribution >= 0.6 is 0 Å². The van der Waals surface area contributed by atoms with Gasteiger partial charge in [0.05, 0.1) is 0 Å². The van der Waals surface area contributed by atoms with Crippen LogP contribution in [0.3, 0.4) is 0 Å². The largest absolute Gasteiger partial charge is 0.372 e. The van der Waals surface area contributed by atoms with Crippen LogP contribution in [0.25, 0.3) is 0 Å². The van der Waals surface area contributed by atoms with Crippen molar-refractivity contribution in [3.8, 4) is 0 Å². The van der Waals surface area contributed by atoms with Gasteiger partial charge in [0.1, 0.15) is 0 Å². The maximum atomic E-state index is 2.71. The van der Waals surface area contributed by atoms with E-state index in [1.807, 2.05) is 0 Å².